The van der Waals surface area contributed by atoms with Gasteiger partial charge in [0.25, 0.3) is 5.91 Å². The largest absolute Gasteiger partial charge is 0.393 e. The second-order valence-corrected chi connectivity index (χ2v) is 10.7. The van der Waals surface area contributed by atoms with Crippen LogP contribution >= 0.6 is 11.6 Å². The minimum atomic E-state index is -3.91. The van der Waals surface area contributed by atoms with Crippen LogP contribution in [0.3, 0.4) is 0 Å². The molecule has 0 heterocycles. The maximum absolute atomic E-state index is 13.4. The molecule has 3 aliphatic rings. The topological polar surface area (TPSA) is 104 Å². The van der Waals surface area contributed by atoms with Gasteiger partial charge in [0.2, 0.25) is 0 Å². The van der Waals surface area contributed by atoms with Gasteiger partial charge in [-0.2, -0.15) is 0 Å². The number of aliphatic hydroxyl groups excluding tert-OH is 1. The molecule has 3 aliphatic carbocycles. The van der Waals surface area contributed by atoms with Crippen molar-refractivity contribution in [2.75, 3.05) is 11.9 Å². The average molecular weight is 472 g/mol. The summed E-state index contributed by atoms with van der Waals surface area (Å²) >= 11 is 6.14. The Morgan fingerprint density at radius 2 is 1.77 bits per heavy atom. The summed E-state index contributed by atoms with van der Waals surface area (Å²) in [7, 11) is -3.91. The van der Waals surface area contributed by atoms with Crippen LogP contribution in [0.1, 0.15) is 29.6 Å². The van der Waals surface area contributed by atoms with E-state index in [1.807, 2.05) is 0 Å². The highest BCUT2D eigenvalue weighted by atomic mass is 35.5. The molecule has 10 heteroatoms. The second-order valence-electron chi connectivity index (χ2n) is 8.15. The number of benzene rings is 2. The van der Waals surface area contributed by atoms with Gasteiger partial charge < -0.3 is 15.5 Å². The van der Waals surface area contributed by atoms with Crippen LogP contribution in [0, 0.1) is 23.5 Å². The highest BCUT2D eigenvalue weighted by Gasteiger charge is 2.59. The molecule has 2 bridgehead atoms. The summed E-state index contributed by atoms with van der Waals surface area (Å²) in [6.45, 7) is -0.407. The molecule has 3 fully saturated rings. The average Bonchev–Trinajstić information content (AvgIpc) is 2.75. The number of amides is 1. The summed E-state index contributed by atoms with van der Waals surface area (Å²) in [5.74, 6) is -3.52. The molecule has 3 N–H and O–H groups in total. The van der Waals surface area contributed by atoms with Gasteiger partial charge in [-0.3, -0.25) is 4.79 Å². The molecule has 2 aromatic rings. The molecule has 5 rings (SSSR count). The number of carbonyl (C=O) groups is 1. The number of fused-ring (bicyclic) bond motifs is 2. The molecule has 31 heavy (non-hydrogen) atoms. The van der Waals surface area contributed by atoms with Crippen LogP contribution < -0.4 is 5.32 Å². The Morgan fingerprint density at radius 1 is 1.10 bits per heavy atom. The number of halogens is 3. The maximum Gasteiger partial charge on any atom is 0.255 e. The second kappa shape index (κ2) is 7.81. The van der Waals surface area contributed by atoms with E-state index in [0.717, 1.165) is 18.2 Å². The Bertz CT molecular complexity index is 1140. The van der Waals surface area contributed by atoms with E-state index in [1.54, 1.807) is 0 Å². The molecule has 0 spiro atoms. The number of hydrogen-bond donors (Lipinski definition) is 3. The smallest absolute Gasteiger partial charge is 0.255 e. The van der Waals surface area contributed by atoms with Crippen LogP contribution in [-0.2, 0) is 9.84 Å². The molecule has 0 saturated heterocycles. The quantitative estimate of drug-likeness (QED) is 0.621. The summed E-state index contributed by atoms with van der Waals surface area (Å²) in [5, 5.41) is 21.4. The van der Waals surface area contributed by atoms with Crippen molar-refractivity contribution in [1.82, 2.24) is 0 Å². The normalized spacial score (nSPS) is 27.5. The number of sulfone groups is 1. The minimum absolute atomic E-state index is 0.0129. The predicted octanol–water partition coefficient (Wildman–Crippen LogP) is 3.17. The lowest BCUT2D eigenvalue weighted by molar-refractivity contribution is -0.197. The zero-order valence-corrected chi connectivity index (χ0v) is 17.8. The number of nitrogens with one attached hydrogen (secondary N) is 1. The van der Waals surface area contributed by atoms with Gasteiger partial charge >= 0.3 is 0 Å². The highest BCUT2D eigenvalue weighted by Crippen LogP contribution is 2.55. The summed E-state index contributed by atoms with van der Waals surface area (Å²) in [4.78, 5) is 12.3. The molecule has 2 unspecified atom stereocenters. The van der Waals surface area contributed by atoms with Crippen molar-refractivity contribution < 1.29 is 32.2 Å². The molecule has 2 aromatic carbocycles. The van der Waals surface area contributed by atoms with E-state index >= 15 is 0 Å². The van der Waals surface area contributed by atoms with Crippen LogP contribution in [0.15, 0.2) is 41.3 Å². The van der Waals surface area contributed by atoms with E-state index in [0.29, 0.717) is 6.42 Å². The Balaban J connectivity index is 1.57. The van der Waals surface area contributed by atoms with Crippen molar-refractivity contribution in [3.63, 3.8) is 0 Å². The Labute approximate surface area is 182 Å². The van der Waals surface area contributed by atoms with Gasteiger partial charge in [0, 0.05) is 17.3 Å². The Morgan fingerprint density at radius 3 is 2.39 bits per heavy atom. The van der Waals surface area contributed by atoms with Crippen LogP contribution in [0.2, 0.25) is 5.02 Å². The molecule has 0 aromatic heterocycles. The number of hydrogen-bond acceptors (Lipinski definition) is 5. The third kappa shape index (κ3) is 3.73. The Kier molecular flexibility index (Phi) is 5.58. The molecule has 6 nitrogen and oxygen atoms in total. The van der Waals surface area contributed by atoms with E-state index in [-0.39, 0.29) is 45.8 Å². The van der Waals surface area contributed by atoms with Crippen molar-refractivity contribution in [1.29, 1.82) is 0 Å². The molecule has 0 aliphatic heterocycles. The third-order valence-corrected chi connectivity index (χ3v) is 9.10. The number of rotatable bonds is 5. The van der Waals surface area contributed by atoms with E-state index in [2.05, 4.69) is 5.32 Å². The SMILES string of the molecule is O=C(Nc1ccc(F)c(F)c1)c1ccc(Cl)c(S(=O)(=O)[C@H]2CC3CC(C2)[C@@]3(O)CO)c1. The van der Waals surface area contributed by atoms with Crippen LogP contribution in [0.4, 0.5) is 14.5 Å². The fourth-order valence-corrected chi connectivity index (χ4v) is 6.99. The first-order valence-electron chi connectivity index (χ1n) is 9.69. The maximum atomic E-state index is 13.4. The van der Waals surface area contributed by atoms with E-state index in [1.165, 1.54) is 18.2 Å². The van der Waals surface area contributed by atoms with Crippen molar-refractivity contribution >= 4 is 33.0 Å². The lowest BCUT2D eigenvalue weighted by Gasteiger charge is -2.57. The molecule has 0 radical (unpaired) electrons. The monoisotopic (exact) mass is 471 g/mol. The Hall–Kier alpha value is -2.07. The van der Waals surface area contributed by atoms with Crippen molar-refractivity contribution in [2.45, 2.75) is 35.0 Å². The van der Waals surface area contributed by atoms with Crippen LogP contribution in [0.25, 0.3) is 0 Å². The summed E-state index contributed by atoms with van der Waals surface area (Å²) in [6, 6.07) is 6.65. The first-order chi connectivity index (χ1) is 14.6. The summed E-state index contributed by atoms with van der Waals surface area (Å²) in [6.07, 6.45) is 1.04. The summed E-state index contributed by atoms with van der Waals surface area (Å²) < 4.78 is 52.9. The first-order valence-corrected chi connectivity index (χ1v) is 11.6. The highest BCUT2D eigenvalue weighted by molar-refractivity contribution is 7.92. The molecular weight excluding hydrogens is 452 g/mol. The fourth-order valence-electron chi connectivity index (χ4n) is 4.59. The van der Waals surface area contributed by atoms with E-state index < -0.39 is 44.8 Å². The zero-order valence-electron chi connectivity index (χ0n) is 16.2. The van der Waals surface area contributed by atoms with E-state index in [4.69, 9.17) is 11.6 Å². The van der Waals surface area contributed by atoms with Gasteiger partial charge in [-0.05, 0) is 61.4 Å². The zero-order chi connectivity index (χ0) is 22.6. The lowest BCUT2D eigenvalue weighted by Crippen LogP contribution is -2.63. The fraction of sp³-hybridized carbons (Fsp3) is 0.381. The minimum Gasteiger partial charge on any atom is -0.393 e. The predicted molar refractivity (Wildman–Crippen MR) is 110 cm³/mol. The molecule has 1 amide bonds. The first kappa shape index (κ1) is 22.1. The molecule has 166 valence electrons. The number of aliphatic hydroxyl groups is 2. The van der Waals surface area contributed by atoms with Gasteiger partial charge in [-0.1, -0.05) is 11.6 Å². The number of anilines is 1. The molecule has 2 atom stereocenters. The van der Waals surface area contributed by atoms with Crippen molar-refractivity contribution in [2.24, 2.45) is 11.8 Å². The van der Waals surface area contributed by atoms with Gasteiger partial charge in [-0.25, -0.2) is 17.2 Å². The van der Waals surface area contributed by atoms with Gasteiger partial charge in [-0.15, -0.1) is 0 Å². The van der Waals surface area contributed by atoms with Crippen LogP contribution in [0.5, 0.6) is 0 Å². The number of carbonyl (C=O) groups excluding carboxylic acids is 1. The molecular formula is C21H20ClF2NO5S. The summed E-state index contributed by atoms with van der Waals surface area (Å²) in [5.41, 5.74) is -1.23. The van der Waals surface area contributed by atoms with Gasteiger partial charge in [0.1, 0.15) is 0 Å². The van der Waals surface area contributed by atoms with E-state index in [9.17, 15) is 32.2 Å². The third-order valence-electron chi connectivity index (χ3n) is 6.45. The standard InChI is InChI=1S/C21H20ClF2NO5S/c22-16-3-1-11(20(27)25-14-2-4-17(23)18(24)9-14)5-19(16)31(29,30)15-7-12-6-13(8-15)21(12,28)10-26/h1-5,9,12-13,15,26,28H,6-8,10H2,(H,25,27)/t12?,13?,15-,21+. The molecule has 3 saturated carbocycles. The van der Waals surface area contributed by atoms with Gasteiger partial charge in [0.05, 0.1) is 27.4 Å². The van der Waals surface area contributed by atoms with Crippen molar-refractivity contribution in [3.05, 3.63) is 58.6 Å². The van der Waals surface area contributed by atoms with Crippen molar-refractivity contribution in [3.8, 4) is 0 Å². The lowest BCUT2D eigenvalue weighted by atomic mass is 9.54. The van der Waals surface area contributed by atoms with Crippen LogP contribution in [-0.4, -0.2) is 42.0 Å². The van der Waals surface area contributed by atoms with Gasteiger partial charge in [0.15, 0.2) is 21.5 Å².